The maximum atomic E-state index is 12.1. The molecule has 20 heavy (non-hydrogen) atoms. The summed E-state index contributed by atoms with van der Waals surface area (Å²) in [6.45, 7) is 1.77. The van der Waals surface area contributed by atoms with Crippen molar-refractivity contribution in [1.29, 1.82) is 0 Å². The van der Waals surface area contributed by atoms with Crippen molar-refractivity contribution in [3.05, 3.63) is 59.2 Å². The van der Waals surface area contributed by atoms with E-state index in [2.05, 4.69) is 5.32 Å². The predicted molar refractivity (Wildman–Crippen MR) is 83.1 cm³/mol. The van der Waals surface area contributed by atoms with Gasteiger partial charge in [-0.1, -0.05) is 12.2 Å². The van der Waals surface area contributed by atoms with Gasteiger partial charge in [0.25, 0.3) is 5.91 Å². The van der Waals surface area contributed by atoms with Crippen LogP contribution in [-0.4, -0.2) is 16.0 Å². The number of anilines is 1. The molecule has 5 heteroatoms. The van der Waals surface area contributed by atoms with Crippen molar-refractivity contribution in [1.82, 2.24) is 0 Å². The fourth-order valence-electron chi connectivity index (χ4n) is 1.82. The Labute approximate surface area is 122 Å². The van der Waals surface area contributed by atoms with Crippen LogP contribution in [0.15, 0.2) is 42.5 Å². The van der Waals surface area contributed by atoms with Crippen LogP contribution in [0, 0.1) is 6.92 Å². The largest absolute Gasteiger partial charge is 0.508 e. The third kappa shape index (κ3) is 3.13. The summed E-state index contributed by atoms with van der Waals surface area (Å²) in [5.41, 5.74) is 8.14. The van der Waals surface area contributed by atoms with Crippen LogP contribution in [-0.2, 0) is 0 Å². The number of phenols is 1. The number of nitrogens with two attached hydrogens (primary N) is 1. The highest BCUT2D eigenvalue weighted by Crippen LogP contribution is 2.17. The van der Waals surface area contributed by atoms with E-state index in [9.17, 15) is 9.90 Å². The molecular weight excluding hydrogens is 272 g/mol. The fraction of sp³-hybridized carbons (Fsp3) is 0.0667. The molecule has 4 N–H and O–H groups in total. The third-order valence-electron chi connectivity index (χ3n) is 2.88. The number of amides is 1. The number of carbonyl (C=O) groups is 1. The Morgan fingerprint density at radius 3 is 2.40 bits per heavy atom. The molecule has 0 saturated carbocycles. The molecule has 2 rings (SSSR count). The van der Waals surface area contributed by atoms with Crippen molar-refractivity contribution in [2.24, 2.45) is 5.73 Å². The van der Waals surface area contributed by atoms with E-state index in [1.807, 2.05) is 0 Å². The molecule has 0 aromatic heterocycles. The van der Waals surface area contributed by atoms with Crippen molar-refractivity contribution >= 4 is 28.8 Å². The minimum atomic E-state index is -0.231. The number of hydrogen-bond acceptors (Lipinski definition) is 3. The molecule has 0 bridgehead atoms. The van der Waals surface area contributed by atoms with Gasteiger partial charge in [0, 0.05) is 16.8 Å². The summed E-state index contributed by atoms with van der Waals surface area (Å²) in [4.78, 5) is 12.4. The van der Waals surface area contributed by atoms with Gasteiger partial charge in [-0.15, -0.1) is 0 Å². The van der Waals surface area contributed by atoms with Gasteiger partial charge in [-0.3, -0.25) is 4.79 Å². The van der Waals surface area contributed by atoms with Gasteiger partial charge in [0.2, 0.25) is 0 Å². The lowest BCUT2D eigenvalue weighted by Crippen LogP contribution is -2.14. The molecule has 102 valence electrons. The van der Waals surface area contributed by atoms with E-state index in [1.54, 1.807) is 43.3 Å². The summed E-state index contributed by atoms with van der Waals surface area (Å²) >= 11 is 4.87. The first kappa shape index (κ1) is 14.0. The minimum absolute atomic E-state index is 0.139. The Morgan fingerprint density at radius 2 is 1.85 bits per heavy atom. The average molecular weight is 286 g/mol. The molecule has 0 aliphatic heterocycles. The van der Waals surface area contributed by atoms with E-state index in [0.29, 0.717) is 21.8 Å². The Kier molecular flexibility index (Phi) is 4.00. The number of hydrogen-bond donors (Lipinski definition) is 3. The van der Waals surface area contributed by atoms with Gasteiger partial charge in [-0.25, -0.2) is 0 Å². The molecule has 0 radical (unpaired) electrons. The van der Waals surface area contributed by atoms with Crippen LogP contribution < -0.4 is 11.1 Å². The van der Waals surface area contributed by atoms with Gasteiger partial charge < -0.3 is 16.2 Å². The molecule has 0 aliphatic rings. The number of benzene rings is 2. The molecule has 0 heterocycles. The van der Waals surface area contributed by atoms with E-state index < -0.39 is 0 Å². The van der Waals surface area contributed by atoms with E-state index in [1.165, 1.54) is 6.07 Å². The highest BCUT2D eigenvalue weighted by Gasteiger charge is 2.09. The van der Waals surface area contributed by atoms with Crippen LogP contribution in [0.5, 0.6) is 5.75 Å². The third-order valence-corrected chi connectivity index (χ3v) is 3.12. The SMILES string of the molecule is Cc1cc(O)ccc1C(=O)Nc1ccc(C(N)=S)cc1. The molecule has 0 spiro atoms. The maximum Gasteiger partial charge on any atom is 0.255 e. The number of aryl methyl sites for hydroxylation is 1. The molecule has 0 saturated heterocycles. The molecule has 0 unspecified atom stereocenters. The van der Waals surface area contributed by atoms with Crippen LogP contribution in [0.4, 0.5) is 5.69 Å². The lowest BCUT2D eigenvalue weighted by molar-refractivity contribution is 0.102. The molecule has 0 fully saturated rings. The summed E-state index contributed by atoms with van der Waals surface area (Å²) in [6, 6.07) is 11.6. The summed E-state index contributed by atoms with van der Waals surface area (Å²) in [5.74, 6) is -0.0922. The van der Waals surface area contributed by atoms with E-state index in [0.717, 1.165) is 5.56 Å². The zero-order valence-electron chi connectivity index (χ0n) is 10.9. The first-order valence-corrected chi connectivity index (χ1v) is 6.39. The molecule has 0 atom stereocenters. The van der Waals surface area contributed by atoms with Gasteiger partial charge in [0.05, 0.1) is 0 Å². The number of nitrogens with one attached hydrogen (secondary N) is 1. The number of phenolic OH excluding ortho intramolecular Hbond substituents is 1. The number of carbonyl (C=O) groups excluding carboxylic acids is 1. The second-order valence-corrected chi connectivity index (χ2v) is 4.83. The number of rotatable bonds is 3. The highest BCUT2D eigenvalue weighted by molar-refractivity contribution is 7.80. The van der Waals surface area contributed by atoms with Crippen molar-refractivity contribution in [3.8, 4) is 5.75 Å². The molecule has 2 aromatic rings. The average Bonchev–Trinajstić information content (AvgIpc) is 2.39. The quantitative estimate of drug-likeness (QED) is 0.758. The smallest absolute Gasteiger partial charge is 0.255 e. The lowest BCUT2D eigenvalue weighted by atomic mass is 10.1. The van der Waals surface area contributed by atoms with Crippen LogP contribution in [0.25, 0.3) is 0 Å². The van der Waals surface area contributed by atoms with Crippen molar-refractivity contribution in [2.75, 3.05) is 5.32 Å². The lowest BCUT2D eigenvalue weighted by Gasteiger charge is -2.08. The molecule has 2 aromatic carbocycles. The summed E-state index contributed by atoms with van der Waals surface area (Å²) in [6.07, 6.45) is 0. The Morgan fingerprint density at radius 1 is 1.20 bits per heavy atom. The Balaban J connectivity index is 2.17. The van der Waals surface area contributed by atoms with Crippen molar-refractivity contribution in [3.63, 3.8) is 0 Å². The second-order valence-electron chi connectivity index (χ2n) is 4.39. The normalized spacial score (nSPS) is 10.1. The predicted octanol–water partition coefficient (Wildman–Crippen LogP) is 2.59. The number of thiocarbonyl (C=S) groups is 1. The Bertz CT molecular complexity index is 666. The van der Waals surface area contributed by atoms with Gasteiger partial charge in [-0.05, 0) is 55.0 Å². The zero-order chi connectivity index (χ0) is 14.7. The van der Waals surface area contributed by atoms with Crippen molar-refractivity contribution < 1.29 is 9.90 Å². The minimum Gasteiger partial charge on any atom is -0.508 e. The zero-order valence-corrected chi connectivity index (χ0v) is 11.7. The maximum absolute atomic E-state index is 12.1. The van der Waals surface area contributed by atoms with Crippen LogP contribution >= 0.6 is 12.2 Å². The molecule has 1 amide bonds. The van der Waals surface area contributed by atoms with Crippen molar-refractivity contribution in [2.45, 2.75) is 6.92 Å². The topological polar surface area (TPSA) is 75.3 Å². The van der Waals surface area contributed by atoms with Crippen LogP contribution in [0.1, 0.15) is 21.5 Å². The van der Waals surface area contributed by atoms with E-state index in [4.69, 9.17) is 18.0 Å². The monoisotopic (exact) mass is 286 g/mol. The molecular formula is C15H14N2O2S. The van der Waals surface area contributed by atoms with Gasteiger partial charge in [0.15, 0.2) is 0 Å². The summed E-state index contributed by atoms with van der Waals surface area (Å²) in [7, 11) is 0. The summed E-state index contributed by atoms with van der Waals surface area (Å²) in [5, 5.41) is 12.1. The highest BCUT2D eigenvalue weighted by atomic mass is 32.1. The summed E-state index contributed by atoms with van der Waals surface area (Å²) < 4.78 is 0. The second kappa shape index (κ2) is 5.71. The standard InChI is InChI=1S/C15H14N2O2S/c1-9-8-12(18)6-7-13(9)15(19)17-11-4-2-10(3-5-11)14(16)20/h2-8,18H,1H3,(H2,16,20)(H,17,19). The number of aromatic hydroxyl groups is 1. The fourth-order valence-corrected chi connectivity index (χ4v) is 1.95. The van der Waals surface area contributed by atoms with Gasteiger partial charge in [-0.2, -0.15) is 0 Å². The molecule has 4 nitrogen and oxygen atoms in total. The van der Waals surface area contributed by atoms with Crippen LogP contribution in [0.3, 0.4) is 0 Å². The Hall–Kier alpha value is -2.40. The van der Waals surface area contributed by atoms with Crippen LogP contribution in [0.2, 0.25) is 0 Å². The first-order valence-electron chi connectivity index (χ1n) is 5.98. The van der Waals surface area contributed by atoms with E-state index >= 15 is 0 Å². The van der Waals surface area contributed by atoms with Gasteiger partial charge >= 0.3 is 0 Å². The first-order chi connectivity index (χ1) is 9.47. The van der Waals surface area contributed by atoms with E-state index in [-0.39, 0.29) is 11.7 Å². The van der Waals surface area contributed by atoms with Gasteiger partial charge in [0.1, 0.15) is 10.7 Å². The molecule has 0 aliphatic carbocycles.